The van der Waals surface area contributed by atoms with Crippen molar-refractivity contribution in [3.05, 3.63) is 65.7 Å². The van der Waals surface area contributed by atoms with Gasteiger partial charge in [-0.2, -0.15) is 0 Å². The van der Waals surface area contributed by atoms with Crippen LogP contribution < -0.4 is 5.32 Å². The van der Waals surface area contributed by atoms with Crippen molar-refractivity contribution in [2.24, 2.45) is 0 Å². The van der Waals surface area contributed by atoms with Crippen LogP contribution in [0.25, 0.3) is 11.4 Å². The molecule has 0 aliphatic carbocycles. The Kier molecular flexibility index (Phi) is 8.37. The zero-order valence-electron chi connectivity index (χ0n) is 20.3. The van der Waals surface area contributed by atoms with Gasteiger partial charge in [-0.05, 0) is 32.0 Å². The van der Waals surface area contributed by atoms with Gasteiger partial charge in [-0.1, -0.05) is 66.4 Å². The van der Waals surface area contributed by atoms with Crippen LogP contribution in [0.3, 0.4) is 0 Å². The fraction of sp³-hybridized carbons (Fsp3) is 0.423. The number of thioether (sulfide) groups is 1. The van der Waals surface area contributed by atoms with E-state index in [1.54, 1.807) is 0 Å². The summed E-state index contributed by atoms with van der Waals surface area (Å²) in [6, 6.07) is 18.4. The van der Waals surface area contributed by atoms with E-state index in [1.165, 1.54) is 11.8 Å². The van der Waals surface area contributed by atoms with Gasteiger partial charge in [0.15, 0.2) is 11.0 Å². The number of piperazine rings is 1. The Hall–Kier alpha value is -2.68. The fourth-order valence-electron chi connectivity index (χ4n) is 4.28. The SMILES string of the molecule is CCn1c(SCC(=O)NC(CN2CCN(C)CC2)c2ccccc2)nnc1-c1ccccc1C. The Morgan fingerprint density at radius 3 is 2.44 bits per heavy atom. The first-order valence-corrected chi connectivity index (χ1v) is 12.9. The maximum atomic E-state index is 13.0. The summed E-state index contributed by atoms with van der Waals surface area (Å²) >= 11 is 1.44. The monoisotopic (exact) mass is 478 g/mol. The molecule has 2 heterocycles. The van der Waals surface area contributed by atoms with Crippen molar-refractivity contribution in [3.63, 3.8) is 0 Å². The van der Waals surface area contributed by atoms with Gasteiger partial charge in [0, 0.05) is 44.8 Å². The summed E-state index contributed by atoms with van der Waals surface area (Å²) in [5.74, 6) is 1.16. The number of likely N-dealkylation sites (N-methyl/N-ethyl adjacent to an activating group) is 1. The molecule has 7 nitrogen and oxygen atoms in total. The molecule has 0 bridgehead atoms. The molecule has 34 heavy (non-hydrogen) atoms. The Labute approximate surface area is 206 Å². The van der Waals surface area contributed by atoms with Gasteiger partial charge in [-0.25, -0.2) is 0 Å². The van der Waals surface area contributed by atoms with Crippen LogP contribution >= 0.6 is 11.8 Å². The molecule has 4 rings (SSSR count). The number of hydrogen-bond acceptors (Lipinski definition) is 6. The molecule has 0 spiro atoms. The maximum Gasteiger partial charge on any atom is 0.231 e. The first kappa shape index (κ1) is 24.4. The summed E-state index contributed by atoms with van der Waals surface area (Å²) in [5.41, 5.74) is 3.37. The van der Waals surface area contributed by atoms with E-state index in [0.29, 0.717) is 5.75 Å². The van der Waals surface area contributed by atoms with E-state index in [-0.39, 0.29) is 11.9 Å². The summed E-state index contributed by atoms with van der Waals surface area (Å²) in [6.45, 7) is 9.87. The Morgan fingerprint density at radius 2 is 1.74 bits per heavy atom. The van der Waals surface area contributed by atoms with E-state index in [0.717, 1.165) is 66.9 Å². The Balaban J connectivity index is 1.42. The van der Waals surface area contributed by atoms with Crippen LogP contribution in [0.4, 0.5) is 0 Å². The van der Waals surface area contributed by atoms with Crippen LogP contribution in [-0.2, 0) is 11.3 Å². The minimum Gasteiger partial charge on any atom is -0.347 e. The first-order chi connectivity index (χ1) is 16.5. The molecule has 1 aromatic heterocycles. The Bertz CT molecular complexity index is 1080. The van der Waals surface area contributed by atoms with Gasteiger partial charge in [-0.3, -0.25) is 9.69 Å². The standard InChI is InChI=1S/C26H34N6OS/c1-4-32-25(22-13-9-8-10-20(22)2)28-29-26(32)34-19-24(33)27-23(21-11-6-5-7-12-21)18-31-16-14-30(3)15-17-31/h5-13,23H,4,14-19H2,1-3H3,(H,27,33). The van der Waals surface area contributed by atoms with E-state index >= 15 is 0 Å². The second-order valence-corrected chi connectivity index (χ2v) is 9.73. The molecular weight excluding hydrogens is 444 g/mol. The van der Waals surface area contributed by atoms with Gasteiger partial charge < -0.3 is 14.8 Å². The highest BCUT2D eigenvalue weighted by atomic mass is 32.2. The van der Waals surface area contributed by atoms with Crippen molar-refractivity contribution >= 4 is 17.7 Å². The van der Waals surface area contributed by atoms with Gasteiger partial charge in [0.2, 0.25) is 5.91 Å². The summed E-state index contributed by atoms with van der Waals surface area (Å²) in [7, 11) is 2.16. The minimum absolute atomic E-state index is 0.0103. The van der Waals surface area contributed by atoms with Crippen molar-refractivity contribution in [2.45, 2.75) is 31.6 Å². The van der Waals surface area contributed by atoms with Gasteiger partial charge in [0.05, 0.1) is 11.8 Å². The molecule has 1 aliphatic heterocycles. The fourth-order valence-corrected chi connectivity index (χ4v) is 5.09. The van der Waals surface area contributed by atoms with E-state index in [1.807, 2.05) is 30.3 Å². The van der Waals surface area contributed by atoms with Gasteiger partial charge in [0.25, 0.3) is 0 Å². The highest BCUT2D eigenvalue weighted by molar-refractivity contribution is 7.99. The molecule has 1 unspecified atom stereocenters. The second-order valence-electron chi connectivity index (χ2n) is 8.79. The zero-order chi connectivity index (χ0) is 23.9. The van der Waals surface area contributed by atoms with Crippen LogP contribution in [0.1, 0.15) is 24.1 Å². The Morgan fingerprint density at radius 1 is 1.03 bits per heavy atom. The van der Waals surface area contributed by atoms with E-state index < -0.39 is 0 Å². The summed E-state index contributed by atoms with van der Waals surface area (Å²) in [5, 5.41) is 12.9. The molecule has 0 saturated carbocycles. The lowest BCUT2D eigenvalue weighted by Crippen LogP contribution is -2.48. The summed E-state index contributed by atoms with van der Waals surface area (Å²) in [6.07, 6.45) is 0. The third-order valence-corrected chi connectivity index (χ3v) is 7.29. The van der Waals surface area contributed by atoms with Crippen LogP contribution in [0.5, 0.6) is 0 Å². The number of aryl methyl sites for hydroxylation is 1. The van der Waals surface area contributed by atoms with Crippen molar-refractivity contribution in [1.29, 1.82) is 0 Å². The third-order valence-electron chi connectivity index (χ3n) is 6.33. The number of amides is 1. The molecular formula is C26H34N6OS. The summed E-state index contributed by atoms with van der Waals surface area (Å²) < 4.78 is 2.08. The molecule has 3 aromatic rings. The highest BCUT2D eigenvalue weighted by Gasteiger charge is 2.22. The molecule has 1 fully saturated rings. The van der Waals surface area contributed by atoms with E-state index in [2.05, 4.69) is 75.0 Å². The third kappa shape index (κ3) is 6.05. The van der Waals surface area contributed by atoms with Crippen LogP contribution in [-0.4, -0.2) is 76.0 Å². The number of nitrogens with zero attached hydrogens (tertiary/aromatic N) is 5. The average Bonchev–Trinajstić information content (AvgIpc) is 3.27. The predicted octanol–water partition coefficient (Wildman–Crippen LogP) is 3.47. The lowest BCUT2D eigenvalue weighted by atomic mass is 10.1. The molecule has 1 aliphatic rings. The molecule has 1 N–H and O–H groups in total. The number of hydrogen-bond donors (Lipinski definition) is 1. The van der Waals surface area contributed by atoms with Crippen molar-refractivity contribution in [3.8, 4) is 11.4 Å². The van der Waals surface area contributed by atoms with Crippen LogP contribution in [0, 0.1) is 6.92 Å². The average molecular weight is 479 g/mol. The van der Waals surface area contributed by atoms with Gasteiger partial charge in [0.1, 0.15) is 0 Å². The predicted molar refractivity (Wildman–Crippen MR) is 138 cm³/mol. The van der Waals surface area contributed by atoms with E-state index in [4.69, 9.17) is 0 Å². The topological polar surface area (TPSA) is 66.3 Å². The van der Waals surface area contributed by atoms with Gasteiger partial charge in [-0.15, -0.1) is 10.2 Å². The largest absolute Gasteiger partial charge is 0.347 e. The first-order valence-electron chi connectivity index (χ1n) is 11.9. The lowest BCUT2D eigenvalue weighted by Gasteiger charge is -2.35. The van der Waals surface area contributed by atoms with Crippen molar-refractivity contribution in [1.82, 2.24) is 29.9 Å². The molecule has 1 saturated heterocycles. The zero-order valence-corrected chi connectivity index (χ0v) is 21.1. The van der Waals surface area contributed by atoms with Crippen LogP contribution in [0.15, 0.2) is 59.8 Å². The molecule has 180 valence electrons. The number of carbonyl (C=O) groups excluding carboxylic acids is 1. The van der Waals surface area contributed by atoms with E-state index in [9.17, 15) is 4.79 Å². The second kappa shape index (κ2) is 11.6. The minimum atomic E-state index is -0.0377. The molecule has 1 amide bonds. The molecule has 8 heteroatoms. The quantitative estimate of drug-likeness (QED) is 0.475. The smallest absolute Gasteiger partial charge is 0.231 e. The highest BCUT2D eigenvalue weighted by Crippen LogP contribution is 2.26. The number of nitrogens with one attached hydrogen (secondary N) is 1. The van der Waals surface area contributed by atoms with Crippen molar-refractivity contribution < 1.29 is 4.79 Å². The number of rotatable bonds is 9. The normalized spacial score (nSPS) is 15.9. The van der Waals surface area contributed by atoms with Gasteiger partial charge >= 0.3 is 0 Å². The van der Waals surface area contributed by atoms with Crippen LogP contribution in [0.2, 0.25) is 0 Å². The maximum absolute atomic E-state index is 13.0. The number of benzene rings is 2. The number of aromatic nitrogens is 3. The molecule has 2 aromatic carbocycles. The molecule has 1 atom stereocenters. The van der Waals surface area contributed by atoms with Crippen molar-refractivity contribution in [2.75, 3.05) is 45.5 Å². The lowest BCUT2D eigenvalue weighted by molar-refractivity contribution is -0.119. The number of carbonyl (C=O) groups is 1. The summed E-state index contributed by atoms with van der Waals surface area (Å²) in [4.78, 5) is 17.8. The molecule has 0 radical (unpaired) electrons.